The first-order valence-electron chi connectivity index (χ1n) is 8.08. The van der Waals surface area contributed by atoms with Gasteiger partial charge in [0.15, 0.2) is 0 Å². The molecule has 0 saturated heterocycles. The Morgan fingerprint density at radius 2 is 1.67 bits per heavy atom. The molecule has 1 N–H and O–H groups in total. The quantitative estimate of drug-likeness (QED) is 0.647. The zero-order valence-electron chi connectivity index (χ0n) is 13.8. The van der Waals surface area contributed by atoms with Crippen molar-refractivity contribution >= 4 is 0 Å². The van der Waals surface area contributed by atoms with Gasteiger partial charge in [-0.25, -0.2) is 4.98 Å². The van der Waals surface area contributed by atoms with Crippen molar-refractivity contribution < 1.29 is 9.52 Å². The van der Waals surface area contributed by atoms with Crippen molar-refractivity contribution in [3.8, 4) is 11.5 Å². The number of allylic oxidation sites excluding steroid dienone is 1. The smallest absolute Gasteiger partial charge is 0.226 e. The van der Waals surface area contributed by atoms with Gasteiger partial charge in [-0.15, -0.1) is 0 Å². The number of benzene rings is 2. The Labute approximate surface area is 142 Å². The largest absolute Gasteiger partial charge is 0.513 e. The van der Waals surface area contributed by atoms with Crippen molar-refractivity contribution in [2.45, 2.75) is 26.2 Å². The lowest BCUT2D eigenvalue weighted by Crippen LogP contribution is -1.95. The number of nitrogens with zero attached hydrogens (tertiary/aromatic N) is 1. The van der Waals surface area contributed by atoms with Crippen molar-refractivity contribution in [1.29, 1.82) is 0 Å². The lowest BCUT2D eigenvalue weighted by Gasteiger charge is -2.03. The summed E-state index contributed by atoms with van der Waals surface area (Å²) in [5.41, 5.74) is 4.31. The first-order valence-corrected chi connectivity index (χ1v) is 8.08. The van der Waals surface area contributed by atoms with Gasteiger partial charge in [0.1, 0.15) is 5.76 Å². The summed E-state index contributed by atoms with van der Waals surface area (Å²) in [7, 11) is 0. The van der Waals surface area contributed by atoms with Gasteiger partial charge < -0.3 is 9.52 Å². The molecule has 3 aromatic rings. The molecule has 0 aliphatic rings. The molecule has 0 amide bonds. The number of hydrogen-bond donors (Lipinski definition) is 1. The van der Waals surface area contributed by atoms with Crippen LogP contribution in [-0.4, -0.2) is 10.1 Å². The van der Waals surface area contributed by atoms with Gasteiger partial charge in [0.25, 0.3) is 0 Å². The molecule has 3 nitrogen and oxygen atoms in total. The van der Waals surface area contributed by atoms with Crippen LogP contribution in [0.15, 0.2) is 71.4 Å². The van der Waals surface area contributed by atoms with E-state index in [4.69, 9.17) is 4.42 Å². The van der Waals surface area contributed by atoms with Crippen LogP contribution in [0, 0.1) is 6.92 Å². The third-order valence-corrected chi connectivity index (χ3v) is 4.00. The molecule has 3 rings (SSSR count). The molecule has 0 radical (unpaired) electrons. The van der Waals surface area contributed by atoms with Crippen molar-refractivity contribution in [1.82, 2.24) is 4.98 Å². The van der Waals surface area contributed by atoms with Gasteiger partial charge in [-0.1, -0.05) is 49.0 Å². The summed E-state index contributed by atoms with van der Waals surface area (Å²) >= 11 is 0. The Kier molecular flexibility index (Phi) is 4.80. The van der Waals surface area contributed by atoms with E-state index < -0.39 is 0 Å². The van der Waals surface area contributed by atoms with E-state index in [0.29, 0.717) is 12.3 Å². The second-order valence-electron chi connectivity index (χ2n) is 5.95. The standard InChI is InChI=1S/C21H21NO2/c1-15(23)14-18-10-8-17(9-11-18)12-13-20-16(2)24-21(22-20)19-6-4-3-5-7-19/h3-11,23H,1,12-14H2,2H3. The Bertz CT molecular complexity index is 817. The fraction of sp³-hybridized carbons (Fsp3) is 0.190. The highest BCUT2D eigenvalue weighted by Crippen LogP contribution is 2.22. The van der Waals surface area contributed by atoms with E-state index in [1.165, 1.54) is 5.56 Å². The van der Waals surface area contributed by atoms with Crippen molar-refractivity contribution in [3.63, 3.8) is 0 Å². The number of hydrogen-bond acceptors (Lipinski definition) is 3. The van der Waals surface area contributed by atoms with Crippen LogP contribution >= 0.6 is 0 Å². The predicted octanol–water partition coefficient (Wildman–Crippen LogP) is 5.05. The van der Waals surface area contributed by atoms with Crippen molar-refractivity contribution in [2.75, 3.05) is 0 Å². The topological polar surface area (TPSA) is 46.3 Å². The van der Waals surface area contributed by atoms with E-state index in [2.05, 4.69) is 23.7 Å². The minimum atomic E-state index is 0.189. The number of aromatic nitrogens is 1. The number of aliphatic hydroxyl groups excluding tert-OH is 1. The van der Waals surface area contributed by atoms with Gasteiger partial charge >= 0.3 is 0 Å². The maximum Gasteiger partial charge on any atom is 0.226 e. The average Bonchev–Trinajstić information content (AvgIpc) is 2.95. The normalized spacial score (nSPS) is 10.7. The number of oxazole rings is 1. The van der Waals surface area contributed by atoms with E-state index in [1.807, 2.05) is 49.4 Å². The summed E-state index contributed by atoms with van der Waals surface area (Å²) in [6.07, 6.45) is 2.25. The van der Waals surface area contributed by atoms with E-state index in [1.54, 1.807) is 0 Å². The fourth-order valence-electron chi connectivity index (χ4n) is 2.69. The van der Waals surface area contributed by atoms with E-state index >= 15 is 0 Å². The third kappa shape index (κ3) is 3.93. The van der Waals surface area contributed by atoms with Crippen LogP contribution < -0.4 is 0 Å². The Morgan fingerprint density at radius 3 is 2.33 bits per heavy atom. The molecule has 0 spiro atoms. The molecule has 0 fully saturated rings. The summed E-state index contributed by atoms with van der Waals surface area (Å²) in [6, 6.07) is 18.2. The van der Waals surface area contributed by atoms with Gasteiger partial charge in [-0.3, -0.25) is 0 Å². The lowest BCUT2D eigenvalue weighted by atomic mass is 10.0. The van der Waals surface area contributed by atoms with Crippen LogP contribution in [0.5, 0.6) is 0 Å². The van der Waals surface area contributed by atoms with Gasteiger partial charge in [-0.05, 0) is 43.0 Å². The van der Waals surface area contributed by atoms with Crippen LogP contribution in [0.25, 0.3) is 11.5 Å². The SMILES string of the molecule is C=C(O)Cc1ccc(CCc2nc(-c3ccccc3)oc2C)cc1. The molecule has 0 unspecified atom stereocenters. The van der Waals surface area contributed by atoms with Gasteiger partial charge in [-0.2, -0.15) is 0 Å². The molecular formula is C21H21NO2. The zero-order valence-corrected chi connectivity index (χ0v) is 13.8. The monoisotopic (exact) mass is 319 g/mol. The van der Waals surface area contributed by atoms with Crippen molar-refractivity contribution in [3.05, 3.63) is 89.5 Å². The molecule has 122 valence electrons. The molecule has 0 bridgehead atoms. The minimum absolute atomic E-state index is 0.189. The summed E-state index contributed by atoms with van der Waals surface area (Å²) in [5.74, 6) is 1.75. The second kappa shape index (κ2) is 7.18. The molecule has 0 aliphatic carbocycles. The Hall–Kier alpha value is -2.81. The molecule has 0 aliphatic heterocycles. The number of aliphatic hydroxyl groups is 1. The molecule has 24 heavy (non-hydrogen) atoms. The lowest BCUT2D eigenvalue weighted by molar-refractivity contribution is 0.401. The molecule has 2 aromatic carbocycles. The maximum absolute atomic E-state index is 9.24. The third-order valence-electron chi connectivity index (χ3n) is 4.00. The molecular weight excluding hydrogens is 298 g/mol. The van der Waals surface area contributed by atoms with Crippen LogP contribution in [-0.2, 0) is 19.3 Å². The first kappa shape index (κ1) is 16.1. The van der Waals surface area contributed by atoms with E-state index in [0.717, 1.165) is 35.4 Å². The van der Waals surface area contributed by atoms with Crippen LogP contribution in [0.1, 0.15) is 22.6 Å². The van der Waals surface area contributed by atoms with E-state index in [-0.39, 0.29) is 5.76 Å². The summed E-state index contributed by atoms with van der Waals surface area (Å²) in [5, 5.41) is 9.24. The number of rotatable bonds is 6. The molecule has 1 heterocycles. The molecule has 3 heteroatoms. The summed E-state index contributed by atoms with van der Waals surface area (Å²) in [6.45, 7) is 5.49. The van der Waals surface area contributed by atoms with Crippen LogP contribution in [0.3, 0.4) is 0 Å². The van der Waals surface area contributed by atoms with Crippen LogP contribution in [0.4, 0.5) is 0 Å². The Morgan fingerprint density at radius 1 is 1.00 bits per heavy atom. The highest BCUT2D eigenvalue weighted by molar-refractivity contribution is 5.53. The van der Waals surface area contributed by atoms with Gasteiger partial charge in [0, 0.05) is 12.0 Å². The van der Waals surface area contributed by atoms with Gasteiger partial charge in [0.2, 0.25) is 5.89 Å². The Balaban J connectivity index is 1.66. The van der Waals surface area contributed by atoms with Gasteiger partial charge in [0.05, 0.1) is 11.5 Å². The second-order valence-corrected chi connectivity index (χ2v) is 5.95. The highest BCUT2D eigenvalue weighted by atomic mass is 16.4. The number of aryl methyl sites for hydroxylation is 3. The maximum atomic E-state index is 9.24. The summed E-state index contributed by atoms with van der Waals surface area (Å²) in [4.78, 5) is 4.64. The van der Waals surface area contributed by atoms with E-state index in [9.17, 15) is 5.11 Å². The first-order chi connectivity index (χ1) is 11.6. The highest BCUT2D eigenvalue weighted by Gasteiger charge is 2.11. The fourth-order valence-corrected chi connectivity index (χ4v) is 2.69. The minimum Gasteiger partial charge on any atom is -0.513 e. The predicted molar refractivity (Wildman–Crippen MR) is 96.0 cm³/mol. The van der Waals surface area contributed by atoms with Crippen molar-refractivity contribution in [2.24, 2.45) is 0 Å². The molecule has 0 saturated carbocycles. The molecule has 0 atom stereocenters. The van der Waals surface area contributed by atoms with Crippen LogP contribution in [0.2, 0.25) is 0 Å². The zero-order chi connectivity index (χ0) is 16.9. The average molecular weight is 319 g/mol. The molecule has 1 aromatic heterocycles. The summed E-state index contributed by atoms with van der Waals surface area (Å²) < 4.78 is 5.80.